The Kier molecular flexibility index (Phi) is 7.31. The number of urea groups is 1. The number of aryl methyl sites for hydroxylation is 2. The van der Waals surface area contributed by atoms with Crippen LogP contribution in [0, 0.1) is 13.8 Å². The number of ether oxygens (including phenoxy) is 2. The molecule has 35 heavy (non-hydrogen) atoms. The summed E-state index contributed by atoms with van der Waals surface area (Å²) in [5, 5.41) is 2.24. The molecule has 178 valence electrons. The van der Waals surface area contributed by atoms with Gasteiger partial charge >= 0.3 is 6.03 Å². The minimum absolute atomic E-state index is 0.176. The molecule has 0 unspecified atom stereocenters. The number of anilines is 1. The number of rotatable bonds is 7. The van der Waals surface area contributed by atoms with Gasteiger partial charge in [0.15, 0.2) is 0 Å². The summed E-state index contributed by atoms with van der Waals surface area (Å²) in [5.41, 5.74) is 2.73. The third-order valence-electron chi connectivity index (χ3n) is 5.26. The summed E-state index contributed by atoms with van der Waals surface area (Å²) in [5.74, 6) is -0.272. The predicted molar refractivity (Wildman–Crippen MR) is 136 cm³/mol. The van der Waals surface area contributed by atoms with E-state index in [9.17, 15) is 14.4 Å². The topological polar surface area (TPSA) is 84.9 Å². The Morgan fingerprint density at radius 3 is 2.37 bits per heavy atom. The lowest BCUT2D eigenvalue weighted by Gasteiger charge is -2.26. The molecule has 0 radical (unpaired) electrons. The highest BCUT2D eigenvalue weighted by Gasteiger charge is 2.37. The second-order valence-electron chi connectivity index (χ2n) is 7.99. The van der Waals surface area contributed by atoms with E-state index in [-0.39, 0.29) is 12.2 Å². The van der Waals surface area contributed by atoms with Gasteiger partial charge in [-0.25, -0.2) is 9.69 Å². The van der Waals surface area contributed by atoms with Crippen molar-refractivity contribution in [1.29, 1.82) is 0 Å². The van der Waals surface area contributed by atoms with Crippen molar-refractivity contribution in [3.05, 3.63) is 93.5 Å². The number of hydrogen-bond donors (Lipinski definition) is 1. The van der Waals surface area contributed by atoms with Crippen molar-refractivity contribution in [2.45, 2.75) is 13.8 Å². The Labute approximate surface area is 211 Å². The summed E-state index contributed by atoms with van der Waals surface area (Å²) in [4.78, 5) is 39.2. The number of nitrogens with one attached hydrogen (secondary N) is 1. The Morgan fingerprint density at radius 2 is 1.63 bits per heavy atom. The number of benzene rings is 3. The highest BCUT2D eigenvalue weighted by atomic mass is 79.9. The van der Waals surface area contributed by atoms with E-state index in [4.69, 9.17) is 9.47 Å². The molecule has 1 aliphatic heterocycles. The van der Waals surface area contributed by atoms with E-state index in [1.807, 2.05) is 44.2 Å². The van der Waals surface area contributed by atoms with Gasteiger partial charge in [-0.05, 0) is 68.0 Å². The van der Waals surface area contributed by atoms with Crippen LogP contribution >= 0.6 is 15.9 Å². The second-order valence-corrected chi connectivity index (χ2v) is 8.90. The van der Waals surface area contributed by atoms with Crippen LogP contribution in [0.25, 0.3) is 6.08 Å². The van der Waals surface area contributed by atoms with Crippen LogP contribution in [-0.4, -0.2) is 31.1 Å². The number of amides is 4. The van der Waals surface area contributed by atoms with Gasteiger partial charge in [0, 0.05) is 10.0 Å². The van der Waals surface area contributed by atoms with Crippen LogP contribution in [0.2, 0.25) is 0 Å². The zero-order valence-corrected chi connectivity index (χ0v) is 20.8. The molecule has 3 aromatic rings. The normalized spacial score (nSPS) is 14.8. The standard InChI is InChI=1S/C27H23BrN2O5/c1-17-6-9-22(10-7-17)34-12-13-35-24-11-8-20(28)15-19(24)16-23-25(31)29-27(33)30(26(23)32)21-5-3-4-18(2)14-21/h3-11,14-16H,12-13H2,1-2H3,(H,29,31,33). The Balaban J connectivity index is 1.54. The monoisotopic (exact) mass is 534 g/mol. The molecule has 0 aromatic heterocycles. The van der Waals surface area contributed by atoms with Crippen molar-refractivity contribution in [2.24, 2.45) is 0 Å². The predicted octanol–water partition coefficient (Wildman–Crippen LogP) is 5.19. The lowest BCUT2D eigenvalue weighted by Crippen LogP contribution is -2.54. The summed E-state index contributed by atoms with van der Waals surface area (Å²) in [6, 6.07) is 19.1. The second kappa shape index (κ2) is 10.6. The van der Waals surface area contributed by atoms with Gasteiger partial charge in [0.2, 0.25) is 0 Å². The molecule has 1 N–H and O–H groups in total. The Hall–Kier alpha value is -3.91. The molecule has 1 heterocycles. The van der Waals surface area contributed by atoms with Gasteiger partial charge in [-0.2, -0.15) is 0 Å². The van der Waals surface area contributed by atoms with Crippen LogP contribution < -0.4 is 19.7 Å². The van der Waals surface area contributed by atoms with Gasteiger partial charge in [-0.1, -0.05) is 45.8 Å². The molecule has 1 saturated heterocycles. The molecule has 4 rings (SSSR count). The largest absolute Gasteiger partial charge is 0.490 e. The molecule has 1 aliphatic rings. The Bertz CT molecular complexity index is 1320. The van der Waals surface area contributed by atoms with Crippen molar-refractivity contribution in [3.63, 3.8) is 0 Å². The first-order valence-corrected chi connectivity index (χ1v) is 11.7. The van der Waals surface area contributed by atoms with Crippen molar-refractivity contribution < 1.29 is 23.9 Å². The van der Waals surface area contributed by atoms with Gasteiger partial charge in [-0.15, -0.1) is 0 Å². The zero-order chi connectivity index (χ0) is 24.9. The maximum absolute atomic E-state index is 13.2. The number of imide groups is 2. The van der Waals surface area contributed by atoms with Gasteiger partial charge in [0.05, 0.1) is 5.69 Å². The van der Waals surface area contributed by atoms with Crippen LogP contribution in [-0.2, 0) is 9.59 Å². The van der Waals surface area contributed by atoms with E-state index in [0.29, 0.717) is 23.6 Å². The smallest absolute Gasteiger partial charge is 0.335 e. The quantitative estimate of drug-likeness (QED) is 0.256. The number of halogens is 1. The van der Waals surface area contributed by atoms with Gasteiger partial charge in [0.1, 0.15) is 30.3 Å². The van der Waals surface area contributed by atoms with Crippen LogP contribution in [0.15, 0.2) is 76.8 Å². The van der Waals surface area contributed by atoms with E-state index >= 15 is 0 Å². The summed E-state index contributed by atoms with van der Waals surface area (Å²) in [7, 11) is 0. The highest BCUT2D eigenvalue weighted by Crippen LogP contribution is 2.28. The fraction of sp³-hybridized carbons (Fsp3) is 0.148. The average molecular weight is 535 g/mol. The number of hydrogen-bond acceptors (Lipinski definition) is 5. The average Bonchev–Trinajstić information content (AvgIpc) is 2.81. The lowest BCUT2D eigenvalue weighted by molar-refractivity contribution is -0.122. The van der Waals surface area contributed by atoms with Crippen molar-refractivity contribution in [2.75, 3.05) is 18.1 Å². The van der Waals surface area contributed by atoms with Crippen molar-refractivity contribution >= 4 is 45.5 Å². The van der Waals surface area contributed by atoms with E-state index in [1.165, 1.54) is 6.08 Å². The number of carbonyl (C=O) groups is 3. The van der Waals surface area contributed by atoms with Gasteiger partial charge < -0.3 is 9.47 Å². The molecule has 1 fully saturated rings. The number of carbonyl (C=O) groups excluding carboxylic acids is 3. The first kappa shape index (κ1) is 24.2. The molecule has 0 spiro atoms. The molecule has 4 amide bonds. The van der Waals surface area contributed by atoms with Crippen molar-refractivity contribution in [1.82, 2.24) is 5.32 Å². The van der Waals surface area contributed by atoms with Crippen molar-refractivity contribution in [3.8, 4) is 11.5 Å². The maximum atomic E-state index is 13.2. The van der Waals surface area contributed by atoms with E-state index in [0.717, 1.165) is 26.2 Å². The molecule has 7 nitrogen and oxygen atoms in total. The van der Waals surface area contributed by atoms with E-state index in [1.54, 1.807) is 36.4 Å². The first-order valence-electron chi connectivity index (χ1n) is 10.9. The minimum Gasteiger partial charge on any atom is -0.490 e. The minimum atomic E-state index is -0.790. The molecule has 0 bridgehead atoms. The molecular weight excluding hydrogens is 512 g/mol. The van der Waals surface area contributed by atoms with Gasteiger partial charge in [0.25, 0.3) is 11.8 Å². The van der Waals surface area contributed by atoms with Crippen LogP contribution in [0.3, 0.4) is 0 Å². The zero-order valence-electron chi connectivity index (χ0n) is 19.2. The maximum Gasteiger partial charge on any atom is 0.335 e. The van der Waals surface area contributed by atoms with Crippen LogP contribution in [0.1, 0.15) is 16.7 Å². The Morgan fingerprint density at radius 1 is 0.886 bits per heavy atom. The number of barbiturate groups is 1. The molecular formula is C27H23BrN2O5. The fourth-order valence-electron chi connectivity index (χ4n) is 3.52. The van der Waals surface area contributed by atoms with Crippen LogP contribution in [0.4, 0.5) is 10.5 Å². The molecule has 0 aliphatic carbocycles. The molecule has 8 heteroatoms. The molecule has 0 saturated carbocycles. The first-order chi connectivity index (χ1) is 16.8. The molecule has 3 aromatic carbocycles. The summed E-state index contributed by atoms with van der Waals surface area (Å²) in [6.07, 6.45) is 1.42. The van der Waals surface area contributed by atoms with Crippen LogP contribution in [0.5, 0.6) is 11.5 Å². The summed E-state index contributed by atoms with van der Waals surface area (Å²) in [6.45, 7) is 4.42. The number of nitrogens with zero attached hydrogens (tertiary/aromatic N) is 1. The summed E-state index contributed by atoms with van der Waals surface area (Å²) >= 11 is 3.42. The van der Waals surface area contributed by atoms with Gasteiger partial charge in [-0.3, -0.25) is 14.9 Å². The van der Waals surface area contributed by atoms with E-state index < -0.39 is 17.8 Å². The third-order valence-corrected chi connectivity index (χ3v) is 5.76. The third kappa shape index (κ3) is 5.78. The highest BCUT2D eigenvalue weighted by molar-refractivity contribution is 9.10. The summed E-state index contributed by atoms with van der Waals surface area (Å²) < 4.78 is 12.3. The fourth-order valence-corrected chi connectivity index (χ4v) is 3.90. The SMILES string of the molecule is Cc1ccc(OCCOc2ccc(Br)cc2C=C2C(=O)NC(=O)N(c3cccc(C)c3)C2=O)cc1. The van der Waals surface area contributed by atoms with E-state index in [2.05, 4.69) is 21.2 Å². The lowest BCUT2D eigenvalue weighted by atomic mass is 10.1. The molecule has 0 atom stereocenters.